The number of carbonyl (C=O) groups is 2. The van der Waals surface area contributed by atoms with E-state index in [0.29, 0.717) is 16.8 Å². The molecule has 130 valence electrons. The molecule has 5 nitrogen and oxygen atoms in total. The van der Waals surface area contributed by atoms with Crippen molar-refractivity contribution in [2.45, 2.75) is 0 Å². The largest absolute Gasteiger partial charge is 0.360 e. The van der Waals surface area contributed by atoms with E-state index >= 15 is 0 Å². The first-order valence-electron chi connectivity index (χ1n) is 8.39. The second kappa shape index (κ2) is 6.03. The molecule has 3 heterocycles. The Balaban J connectivity index is 1.51. The van der Waals surface area contributed by atoms with Gasteiger partial charge >= 0.3 is 0 Å². The molecule has 2 N–H and O–H groups in total. The Bertz CT molecular complexity index is 1220. The highest BCUT2D eigenvalue weighted by atomic mass is 32.1. The predicted octanol–water partition coefficient (Wildman–Crippen LogP) is 4.57. The average Bonchev–Trinajstić information content (AvgIpc) is 3.44. The second-order valence-corrected chi connectivity index (χ2v) is 7.11. The van der Waals surface area contributed by atoms with Crippen molar-refractivity contribution in [1.82, 2.24) is 15.0 Å². The second-order valence-electron chi connectivity index (χ2n) is 6.20. The number of hydrogen-bond donors (Lipinski definition) is 2. The molecular formula is C21H13N3O2S. The maximum atomic E-state index is 12.9. The van der Waals surface area contributed by atoms with Crippen molar-refractivity contribution in [2.24, 2.45) is 0 Å². The summed E-state index contributed by atoms with van der Waals surface area (Å²) in [5, 5.41) is 3.58. The summed E-state index contributed by atoms with van der Waals surface area (Å²) in [6, 6.07) is 15.3. The highest BCUT2D eigenvalue weighted by Gasteiger charge is 2.21. The Labute approximate surface area is 157 Å². The fraction of sp³-hybridized carbons (Fsp3) is 0. The fourth-order valence-electron chi connectivity index (χ4n) is 3.24. The van der Waals surface area contributed by atoms with Gasteiger partial charge in [-0.25, -0.2) is 4.98 Å². The van der Waals surface area contributed by atoms with E-state index in [1.807, 2.05) is 53.9 Å². The van der Waals surface area contributed by atoms with Gasteiger partial charge < -0.3 is 9.97 Å². The van der Waals surface area contributed by atoms with E-state index in [1.54, 1.807) is 6.20 Å². The Morgan fingerprint density at radius 3 is 2.56 bits per heavy atom. The van der Waals surface area contributed by atoms with Crippen LogP contribution in [0.2, 0.25) is 0 Å². The molecule has 0 amide bonds. The number of nitrogens with one attached hydrogen (secondary N) is 2. The van der Waals surface area contributed by atoms with Crippen molar-refractivity contribution in [1.29, 1.82) is 0 Å². The molecule has 2 aromatic carbocycles. The van der Waals surface area contributed by atoms with Crippen molar-refractivity contribution in [3.8, 4) is 0 Å². The monoisotopic (exact) mass is 371 g/mol. The number of thiophene rings is 1. The molecule has 0 aliphatic heterocycles. The van der Waals surface area contributed by atoms with Crippen LogP contribution in [-0.2, 0) is 0 Å². The quantitative estimate of drug-likeness (QED) is 0.454. The third kappa shape index (κ3) is 2.50. The summed E-state index contributed by atoms with van der Waals surface area (Å²) >= 11 is 1.52. The third-order valence-corrected chi connectivity index (χ3v) is 5.56. The fourth-order valence-corrected chi connectivity index (χ4v) is 4.18. The number of imidazole rings is 1. The number of rotatable bonds is 4. The number of carbonyl (C=O) groups excluding carboxylic acids is 2. The zero-order chi connectivity index (χ0) is 18.4. The summed E-state index contributed by atoms with van der Waals surface area (Å²) < 4.78 is 1.05. The summed E-state index contributed by atoms with van der Waals surface area (Å²) in [5.74, 6) is -0.262. The first kappa shape index (κ1) is 15.7. The molecule has 0 radical (unpaired) electrons. The SMILES string of the molecule is O=C(c1ncc(C(=O)c2csc3ccccc23)[nH]1)c1c[nH]c2ccccc12. The molecule has 3 aromatic heterocycles. The minimum absolute atomic E-state index is 0.155. The molecular weight excluding hydrogens is 358 g/mol. The standard InChI is InChI=1S/C21H13N3O2S/c25-19(15-11-27-18-8-4-2-6-13(15)18)17-10-23-21(24-17)20(26)14-9-22-16-7-3-1-5-12(14)16/h1-11,22H,(H,23,24). The first-order chi connectivity index (χ1) is 13.2. The highest BCUT2D eigenvalue weighted by molar-refractivity contribution is 7.17. The van der Waals surface area contributed by atoms with Crippen LogP contribution in [0.4, 0.5) is 0 Å². The molecule has 0 unspecified atom stereocenters. The Kier molecular flexibility index (Phi) is 3.51. The Morgan fingerprint density at radius 2 is 1.67 bits per heavy atom. The third-order valence-electron chi connectivity index (χ3n) is 4.59. The summed E-state index contributed by atoms with van der Waals surface area (Å²) in [7, 11) is 0. The molecule has 0 saturated carbocycles. The number of fused-ring (bicyclic) bond motifs is 2. The van der Waals surface area contributed by atoms with Gasteiger partial charge in [-0.15, -0.1) is 11.3 Å². The normalized spacial score (nSPS) is 11.3. The first-order valence-corrected chi connectivity index (χ1v) is 9.27. The van der Waals surface area contributed by atoms with Crippen LogP contribution in [0.3, 0.4) is 0 Å². The van der Waals surface area contributed by atoms with Crippen LogP contribution in [-0.4, -0.2) is 26.5 Å². The molecule has 0 aliphatic carbocycles. The lowest BCUT2D eigenvalue weighted by Gasteiger charge is -1.97. The van der Waals surface area contributed by atoms with Gasteiger partial charge in [-0.3, -0.25) is 9.59 Å². The van der Waals surface area contributed by atoms with Crippen molar-refractivity contribution in [2.75, 3.05) is 0 Å². The lowest BCUT2D eigenvalue weighted by molar-refractivity contribution is 0.103. The van der Waals surface area contributed by atoms with Crippen LogP contribution in [0, 0.1) is 0 Å². The van der Waals surface area contributed by atoms with Gasteiger partial charge in [-0.05, 0) is 12.1 Å². The topological polar surface area (TPSA) is 78.6 Å². The van der Waals surface area contributed by atoms with E-state index in [1.165, 1.54) is 17.5 Å². The molecule has 0 fully saturated rings. The number of hydrogen-bond acceptors (Lipinski definition) is 4. The predicted molar refractivity (Wildman–Crippen MR) is 106 cm³/mol. The summed E-state index contributed by atoms with van der Waals surface area (Å²) in [5.41, 5.74) is 2.33. The Hall–Kier alpha value is -3.51. The lowest BCUT2D eigenvalue weighted by Crippen LogP contribution is -2.05. The summed E-state index contributed by atoms with van der Waals surface area (Å²) in [6.07, 6.45) is 3.10. The number of ketones is 2. The van der Waals surface area contributed by atoms with Crippen molar-refractivity contribution in [3.63, 3.8) is 0 Å². The molecule has 0 bridgehead atoms. The van der Waals surface area contributed by atoms with Crippen LogP contribution in [0.5, 0.6) is 0 Å². The molecule has 0 saturated heterocycles. The maximum Gasteiger partial charge on any atom is 0.230 e. The minimum Gasteiger partial charge on any atom is -0.360 e. The number of nitrogens with zero attached hydrogens (tertiary/aromatic N) is 1. The molecule has 5 rings (SSSR count). The van der Waals surface area contributed by atoms with Gasteiger partial charge in [0.25, 0.3) is 0 Å². The van der Waals surface area contributed by atoms with E-state index < -0.39 is 0 Å². The summed E-state index contributed by atoms with van der Waals surface area (Å²) in [4.78, 5) is 35.8. The highest BCUT2D eigenvalue weighted by Crippen LogP contribution is 2.27. The van der Waals surface area contributed by atoms with E-state index in [9.17, 15) is 9.59 Å². The molecule has 0 atom stereocenters. The van der Waals surface area contributed by atoms with Crippen molar-refractivity contribution < 1.29 is 9.59 Å². The van der Waals surface area contributed by atoms with Crippen LogP contribution < -0.4 is 0 Å². The maximum absolute atomic E-state index is 12.9. The number of H-pyrrole nitrogens is 2. The number of aromatic nitrogens is 3. The molecule has 5 aromatic rings. The van der Waals surface area contributed by atoms with Gasteiger partial charge in [-0.2, -0.15) is 0 Å². The van der Waals surface area contributed by atoms with E-state index in [0.717, 1.165) is 21.0 Å². The zero-order valence-electron chi connectivity index (χ0n) is 14.0. The van der Waals surface area contributed by atoms with Gasteiger partial charge in [-0.1, -0.05) is 36.4 Å². The molecule has 0 spiro atoms. The van der Waals surface area contributed by atoms with Gasteiger partial charge in [0.15, 0.2) is 5.82 Å². The van der Waals surface area contributed by atoms with Crippen LogP contribution in [0.25, 0.3) is 21.0 Å². The van der Waals surface area contributed by atoms with Gasteiger partial charge in [0.1, 0.15) is 5.69 Å². The van der Waals surface area contributed by atoms with E-state index in [4.69, 9.17) is 0 Å². The van der Waals surface area contributed by atoms with Crippen LogP contribution >= 0.6 is 11.3 Å². The van der Waals surface area contributed by atoms with Crippen molar-refractivity contribution >= 4 is 43.9 Å². The van der Waals surface area contributed by atoms with E-state index in [2.05, 4.69) is 15.0 Å². The average molecular weight is 371 g/mol. The smallest absolute Gasteiger partial charge is 0.230 e. The lowest BCUT2D eigenvalue weighted by atomic mass is 10.1. The number of para-hydroxylation sites is 1. The van der Waals surface area contributed by atoms with Gasteiger partial charge in [0.2, 0.25) is 11.6 Å². The van der Waals surface area contributed by atoms with Crippen LogP contribution in [0.15, 0.2) is 66.3 Å². The van der Waals surface area contributed by atoms with E-state index in [-0.39, 0.29) is 17.4 Å². The van der Waals surface area contributed by atoms with Crippen molar-refractivity contribution in [3.05, 3.63) is 88.9 Å². The van der Waals surface area contributed by atoms with Gasteiger partial charge in [0.05, 0.1) is 11.8 Å². The summed E-state index contributed by atoms with van der Waals surface area (Å²) in [6.45, 7) is 0. The minimum atomic E-state index is -0.248. The number of benzene rings is 2. The Morgan fingerprint density at radius 1 is 0.889 bits per heavy atom. The number of aromatic amines is 2. The molecule has 27 heavy (non-hydrogen) atoms. The zero-order valence-corrected chi connectivity index (χ0v) is 14.8. The van der Waals surface area contributed by atoms with Gasteiger partial charge in [0, 0.05) is 38.1 Å². The van der Waals surface area contributed by atoms with Crippen LogP contribution in [0.1, 0.15) is 32.2 Å². The molecule has 6 heteroatoms. The molecule has 0 aliphatic rings.